The highest BCUT2D eigenvalue weighted by Gasteiger charge is 2.26. The van der Waals surface area contributed by atoms with E-state index in [1.165, 1.54) is 32.8 Å². The Labute approximate surface area is 295 Å². The quantitative estimate of drug-likeness (QED) is 0.0509. The average molecular weight is 687 g/mol. The van der Waals surface area contributed by atoms with Gasteiger partial charge < -0.3 is 28.4 Å². The first-order valence-corrected chi connectivity index (χ1v) is 17.5. The minimum absolute atomic E-state index is 0.119. The molecule has 1 heterocycles. The van der Waals surface area contributed by atoms with Gasteiger partial charge in [-0.2, -0.15) is 0 Å². The molecule has 1 aliphatic heterocycles. The zero-order chi connectivity index (χ0) is 35.7. The van der Waals surface area contributed by atoms with Gasteiger partial charge in [0, 0.05) is 24.2 Å². The van der Waals surface area contributed by atoms with E-state index < -0.39 is 24.0 Å². The molecule has 4 rings (SSSR count). The van der Waals surface area contributed by atoms with Crippen LogP contribution in [0, 0.1) is 5.92 Å². The summed E-state index contributed by atoms with van der Waals surface area (Å²) < 4.78 is 33.4. The molecule has 9 nitrogen and oxygen atoms in total. The number of Topliss-reactive ketones (excluding diaryl/α,β-unsaturated/α-hetero) is 1. The van der Waals surface area contributed by atoms with Gasteiger partial charge in [0.25, 0.3) is 5.78 Å². The number of ketones is 1. The number of rotatable bonds is 20. The fourth-order valence-corrected chi connectivity index (χ4v) is 5.67. The van der Waals surface area contributed by atoms with Crippen LogP contribution in [0.25, 0.3) is 22.3 Å². The smallest absolute Gasteiger partial charge is 0.377 e. The second-order valence-electron chi connectivity index (χ2n) is 12.6. The van der Waals surface area contributed by atoms with E-state index in [9.17, 15) is 14.4 Å². The molecule has 0 spiro atoms. The summed E-state index contributed by atoms with van der Waals surface area (Å²) in [5.74, 6) is -0.960. The number of hydrogen-bond acceptors (Lipinski definition) is 9. The molecule has 1 saturated heterocycles. The molecule has 1 aliphatic rings. The highest BCUT2D eigenvalue weighted by molar-refractivity contribution is 6.34. The first-order chi connectivity index (χ1) is 24.3. The number of hydrogen-bond donors (Lipinski definition) is 0. The Kier molecular flexibility index (Phi) is 15.7. The molecule has 9 heteroatoms. The van der Waals surface area contributed by atoms with Crippen molar-refractivity contribution < 1.29 is 42.8 Å². The molecular formula is C41H50O9. The molecule has 1 fully saturated rings. The Balaban J connectivity index is 1.40. The lowest BCUT2D eigenvalue weighted by atomic mass is 9.95. The third-order valence-corrected chi connectivity index (χ3v) is 8.47. The van der Waals surface area contributed by atoms with Gasteiger partial charge in [0.15, 0.2) is 6.29 Å². The Morgan fingerprint density at radius 1 is 0.780 bits per heavy atom. The standard InChI is InChI=1S/C41H50O9/c1-5-6-7-8-10-31-26-49-41(50-27-31)37-25-35(46-23-24-48-39(43)29(2)3)20-21-36(37)34-18-16-33(17-19-34)32-14-12-30(13-15-32)11-9-22-47-40(44)38(42)28-45-4/h12-21,25,31,41H,2,5-11,22-24,26-28H2,1,3-4H3. The molecule has 3 aromatic rings. The van der Waals surface area contributed by atoms with Gasteiger partial charge in [-0.1, -0.05) is 93.8 Å². The number of esters is 2. The fourth-order valence-electron chi connectivity index (χ4n) is 5.67. The lowest BCUT2D eigenvalue weighted by Crippen LogP contribution is -2.27. The van der Waals surface area contributed by atoms with Gasteiger partial charge in [-0.3, -0.25) is 4.79 Å². The predicted molar refractivity (Wildman–Crippen MR) is 192 cm³/mol. The molecule has 0 radical (unpaired) electrons. The normalized spacial score (nSPS) is 15.7. The predicted octanol–water partition coefficient (Wildman–Crippen LogP) is 7.84. The molecule has 0 bridgehead atoms. The highest BCUT2D eigenvalue weighted by atomic mass is 16.7. The van der Waals surface area contributed by atoms with Crippen molar-refractivity contribution in [3.63, 3.8) is 0 Å². The molecule has 0 amide bonds. The van der Waals surface area contributed by atoms with Gasteiger partial charge in [0.1, 0.15) is 25.6 Å². The maximum atomic E-state index is 11.7. The van der Waals surface area contributed by atoms with Crippen LogP contribution in [0.5, 0.6) is 5.75 Å². The van der Waals surface area contributed by atoms with Crippen molar-refractivity contribution in [3.8, 4) is 28.0 Å². The average Bonchev–Trinajstić information content (AvgIpc) is 3.14. The van der Waals surface area contributed by atoms with Crippen molar-refractivity contribution in [3.05, 3.63) is 90.0 Å². The van der Waals surface area contributed by atoms with Crippen molar-refractivity contribution in [1.29, 1.82) is 0 Å². The number of carbonyl (C=O) groups excluding carboxylic acids is 3. The molecular weight excluding hydrogens is 636 g/mol. The molecule has 0 saturated carbocycles. The van der Waals surface area contributed by atoms with Crippen LogP contribution in [0.15, 0.2) is 78.9 Å². The zero-order valence-electron chi connectivity index (χ0n) is 29.6. The van der Waals surface area contributed by atoms with Crippen LogP contribution in [0.2, 0.25) is 0 Å². The number of unbranched alkanes of at least 4 members (excludes halogenated alkanes) is 3. The largest absolute Gasteiger partial charge is 0.490 e. The number of ether oxygens (including phenoxy) is 6. The molecule has 0 atom stereocenters. The van der Waals surface area contributed by atoms with Gasteiger partial charge in [0.2, 0.25) is 0 Å². The van der Waals surface area contributed by atoms with Crippen molar-refractivity contribution in [1.82, 2.24) is 0 Å². The van der Waals surface area contributed by atoms with Gasteiger partial charge in [-0.15, -0.1) is 0 Å². The molecule has 3 aromatic carbocycles. The van der Waals surface area contributed by atoms with Crippen LogP contribution in [0.3, 0.4) is 0 Å². The lowest BCUT2D eigenvalue weighted by molar-refractivity contribution is -0.205. The number of carbonyl (C=O) groups is 3. The number of methoxy groups -OCH3 is 1. The number of aryl methyl sites for hydroxylation is 1. The Morgan fingerprint density at radius 3 is 2.10 bits per heavy atom. The van der Waals surface area contributed by atoms with E-state index in [-0.39, 0.29) is 26.4 Å². The summed E-state index contributed by atoms with van der Waals surface area (Å²) in [7, 11) is 1.36. The van der Waals surface area contributed by atoms with Crippen LogP contribution < -0.4 is 4.74 Å². The van der Waals surface area contributed by atoms with Crippen molar-refractivity contribution in [2.45, 2.75) is 65.1 Å². The molecule has 0 N–H and O–H groups in total. The van der Waals surface area contributed by atoms with Crippen molar-refractivity contribution in [2.24, 2.45) is 5.92 Å². The maximum absolute atomic E-state index is 11.7. The van der Waals surface area contributed by atoms with Gasteiger partial charge in [-0.25, -0.2) is 9.59 Å². The second-order valence-corrected chi connectivity index (χ2v) is 12.6. The first kappa shape index (κ1) is 38.5. The third-order valence-electron chi connectivity index (χ3n) is 8.47. The SMILES string of the molecule is C=C(C)C(=O)OCCOc1ccc(-c2ccc(-c3ccc(CCCOC(=O)C(=O)COC)cc3)cc2)c(C2OCC(CCCCCC)CO2)c1. The summed E-state index contributed by atoms with van der Waals surface area (Å²) in [5.41, 5.74) is 6.52. The summed E-state index contributed by atoms with van der Waals surface area (Å²) in [5, 5.41) is 0. The van der Waals surface area contributed by atoms with E-state index in [0.29, 0.717) is 36.9 Å². The topological polar surface area (TPSA) is 107 Å². The second kappa shape index (κ2) is 20.4. The summed E-state index contributed by atoms with van der Waals surface area (Å²) in [6.07, 6.45) is 6.80. The summed E-state index contributed by atoms with van der Waals surface area (Å²) in [6, 6.07) is 22.5. The third kappa shape index (κ3) is 11.9. The fraction of sp³-hybridized carbons (Fsp3) is 0.439. The zero-order valence-corrected chi connectivity index (χ0v) is 29.6. The van der Waals surface area contributed by atoms with E-state index in [2.05, 4.69) is 66.8 Å². The van der Waals surface area contributed by atoms with Gasteiger partial charge in [0.05, 0.1) is 19.8 Å². The summed E-state index contributed by atoms with van der Waals surface area (Å²) in [6.45, 7) is 8.96. The molecule has 50 heavy (non-hydrogen) atoms. The Hall–Kier alpha value is -4.31. The van der Waals surface area contributed by atoms with Gasteiger partial charge >= 0.3 is 11.9 Å². The maximum Gasteiger partial charge on any atom is 0.377 e. The van der Waals surface area contributed by atoms with Gasteiger partial charge in [-0.05, 0) is 66.1 Å². The minimum Gasteiger partial charge on any atom is -0.490 e. The molecule has 0 aromatic heterocycles. The van der Waals surface area contributed by atoms with Crippen LogP contribution in [-0.4, -0.2) is 64.5 Å². The summed E-state index contributed by atoms with van der Waals surface area (Å²) >= 11 is 0. The number of benzene rings is 3. The molecule has 0 unspecified atom stereocenters. The first-order valence-electron chi connectivity index (χ1n) is 17.5. The van der Waals surface area contributed by atoms with E-state index in [1.54, 1.807) is 6.92 Å². The van der Waals surface area contributed by atoms with Crippen LogP contribution in [0.4, 0.5) is 0 Å². The lowest BCUT2D eigenvalue weighted by Gasteiger charge is -2.31. The Bertz CT molecular complexity index is 1540. The molecule has 0 aliphatic carbocycles. The monoisotopic (exact) mass is 686 g/mol. The van der Waals surface area contributed by atoms with Crippen molar-refractivity contribution >= 4 is 17.7 Å². The highest BCUT2D eigenvalue weighted by Crippen LogP contribution is 2.37. The molecule has 268 valence electrons. The van der Waals surface area contributed by atoms with Crippen LogP contribution in [0.1, 0.15) is 69.8 Å². The summed E-state index contributed by atoms with van der Waals surface area (Å²) in [4.78, 5) is 34.9. The van der Waals surface area contributed by atoms with Crippen molar-refractivity contribution in [2.75, 3.05) is 46.8 Å². The van der Waals surface area contributed by atoms with E-state index in [4.69, 9.17) is 23.7 Å². The van der Waals surface area contributed by atoms with E-state index in [0.717, 1.165) is 46.2 Å². The van der Waals surface area contributed by atoms with E-state index in [1.807, 2.05) is 18.2 Å². The Morgan fingerprint density at radius 2 is 1.44 bits per heavy atom. The van der Waals surface area contributed by atoms with Crippen LogP contribution in [-0.2, 0) is 44.5 Å². The van der Waals surface area contributed by atoms with Crippen LogP contribution >= 0.6 is 0 Å². The van der Waals surface area contributed by atoms with E-state index >= 15 is 0 Å². The minimum atomic E-state index is -0.860.